The summed E-state index contributed by atoms with van der Waals surface area (Å²) < 4.78 is 0. The van der Waals surface area contributed by atoms with Crippen LogP contribution in [0.15, 0.2) is 30.3 Å². The minimum atomic E-state index is -0.01000. The van der Waals surface area contributed by atoms with Gasteiger partial charge in [0.05, 0.1) is 17.8 Å². The fourth-order valence-corrected chi connectivity index (χ4v) is 2.45. The molecule has 0 saturated carbocycles. The molecule has 19 heavy (non-hydrogen) atoms. The van der Waals surface area contributed by atoms with E-state index in [4.69, 9.17) is 0 Å². The maximum atomic E-state index is 9.38. The van der Waals surface area contributed by atoms with Gasteiger partial charge in [-0.2, -0.15) is 0 Å². The number of aliphatic hydroxyl groups is 1. The number of fused-ring (bicyclic) bond motifs is 1. The molecule has 3 nitrogen and oxygen atoms in total. The number of rotatable bonds is 6. The Morgan fingerprint density at radius 3 is 2.42 bits per heavy atom. The average Bonchev–Trinajstić information content (AvgIpc) is 2.46. The molecular formula is C16H22N2O. The summed E-state index contributed by atoms with van der Waals surface area (Å²) in [5, 5.41) is 10.6. The average molecular weight is 258 g/mol. The Morgan fingerprint density at radius 2 is 1.79 bits per heavy atom. The Kier molecular flexibility index (Phi) is 4.74. The van der Waals surface area contributed by atoms with Crippen molar-refractivity contribution < 1.29 is 5.11 Å². The van der Waals surface area contributed by atoms with Gasteiger partial charge in [-0.15, -0.1) is 0 Å². The topological polar surface area (TPSA) is 36.4 Å². The maximum Gasteiger partial charge on any atom is 0.0854 e. The van der Waals surface area contributed by atoms with E-state index < -0.39 is 0 Å². The number of hydrogen-bond acceptors (Lipinski definition) is 3. The summed E-state index contributed by atoms with van der Waals surface area (Å²) in [5.74, 6) is 0. The summed E-state index contributed by atoms with van der Waals surface area (Å²) in [6, 6.07) is 10.2. The lowest BCUT2D eigenvalue weighted by Crippen LogP contribution is -2.25. The second-order valence-electron chi connectivity index (χ2n) is 4.80. The van der Waals surface area contributed by atoms with Crippen LogP contribution in [0, 0.1) is 0 Å². The minimum Gasteiger partial charge on any atom is -0.390 e. The quantitative estimate of drug-likeness (QED) is 0.863. The highest BCUT2D eigenvalue weighted by atomic mass is 16.3. The predicted molar refractivity (Wildman–Crippen MR) is 80.5 cm³/mol. The lowest BCUT2D eigenvalue weighted by Gasteiger charge is -2.25. The molecule has 0 spiro atoms. The lowest BCUT2D eigenvalue weighted by molar-refractivity contribution is 0.277. The molecule has 0 aliphatic heterocycles. The molecule has 0 unspecified atom stereocenters. The third-order valence-corrected chi connectivity index (χ3v) is 3.24. The molecule has 1 aromatic carbocycles. The van der Waals surface area contributed by atoms with Gasteiger partial charge in [-0.1, -0.05) is 32.0 Å². The first kappa shape index (κ1) is 13.8. The van der Waals surface area contributed by atoms with Gasteiger partial charge >= 0.3 is 0 Å². The number of benzene rings is 1. The van der Waals surface area contributed by atoms with Gasteiger partial charge in [0.2, 0.25) is 0 Å². The van der Waals surface area contributed by atoms with Gasteiger partial charge in [0.15, 0.2) is 0 Å². The summed E-state index contributed by atoms with van der Waals surface area (Å²) in [4.78, 5) is 6.87. The van der Waals surface area contributed by atoms with E-state index in [0.717, 1.165) is 37.1 Å². The van der Waals surface area contributed by atoms with Crippen molar-refractivity contribution in [2.24, 2.45) is 0 Å². The van der Waals surface area contributed by atoms with Crippen LogP contribution in [0.1, 0.15) is 32.4 Å². The van der Waals surface area contributed by atoms with Crippen molar-refractivity contribution in [3.63, 3.8) is 0 Å². The number of aliphatic hydroxyl groups excluding tert-OH is 1. The number of pyridine rings is 1. The standard InChI is InChI=1S/C16H22N2O/c1-3-9-18(10-4-2)16-11-13(12-19)17-15-8-6-5-7-14(15)16/h5-8,11,19H,3-4,9-10,12H2,1-2H3. The molecule has 1 heterocycles. The first-order valence-electron chi connectivity index (χ1n) is 7.04. The molecule has 3 heteroatoms. The fourth-order valence-electron chi connectivity index (χ4n) is 2.45. The van der Waals surface area contributed by atoms with Crippen molar-refractivity contribution >= 4 is 16.6 Å². The molecule has 0 saturated heterocycles. The number of para-hydroxylation sites is 1. The molecule has 0 fully saturated rings. The molecule has 0 amide bonds. The largest absolute Gasteiger partial charge is 0.390 e. The molecule has 1 N–H and O–H groups in total. The molecular weight excluding hydrogens is 236 g/mol. The zero-order valence-electron chi connectivity index (χ0n) is 11.8. The third-order valence-electron chi connectivity index (χ3n) is 3.24. The van der Waals surface area contributed by atoms with Gasteiger partial charge in [-0.25, -0.2) is 0 Å². The number of hydrogen-bond donors (Lipinski definition) is 1. The molecule has 0 bridgehead atoms. The van der Waals surface area contributed by atoms with Gasteiger partial charge in [-0.3, -0.25) is 4.98 Å². The predicted octanol–water partition coefficient (Wildman–Crippen LogP) is 3.35. The van der Waals surface area contributed by atoms with Crippen molar-refractivity contribution in [3.8, 4) is 0 Å². The number of nitrogens with zero attached hydrogens (tertiary/aromatic N) is 2. The van der Waals surface area contributed by atoms with Crippen LogP contribution in [0.2, 0.25) is 0 Å². The fraction of sp³-hybridized carbons (Fsp3) is 0.438. The smallest absolute Gasteiger partial charge is 0.0854 e. The van der Waals surface area contributed by atoms with Crippen molar-refractivity contribution in [2.75, 3.05) is 18.0 Å². The van der Waals surface area contributed by atoms with Crippen LogP contribution in [0.25, 0.3) is 10.9 Å². The highest BCUT2D eigenvalue weighted by molar-refractivity contribution is 5.91. The summed E-state index contributed by atoms with van der Waals surface area (Å²) in [6.07, 6.45) is 2.23. The molecule has 0 aliphatic carbocycles. The Balaban J connectivity index is 2.54. The highest BCUT2D eigenvalue weighted by Gasteiger charge is 2.11. The molecule has 2 rings (SSSR count). The van der Waals surface area contributed by atoms with Gasteiger partial charge < -0.3 is 10.0 Å². The van der Waals surface area contributed by atoms with Gasteiger partial charge in [0.1, 0.15) is 0 Å². The Hall–Kier alpha value is -1.61. The Labute approximate surface area is 114 Å². The summed E-state index contributed by atoms with van der Waals surface area (Å²) in [7, 11) is 0. The van der Waals surface area contributed by atoms with Crippen LogP contribution in [-0.2, 0) is 6.61 Å². The third kappa shape index (κ3) is 3.04. The van der Waals surface area contributed by atoms with E-state index in [2.05, 4.69) is 29.8 Å². The van der Waals surface area contributed by atoms with Crippen LogP contribution < -0.4 is 4.90 Å². The van der Waals surface area contributed by atoms with Crippen molar-refractivity contribution in [1.29, 1.82) is 0 Å². The highest BCUT2D eigenvalue weighted by Crippen LogP contribution is 2.27. The van der Waals surface area contributed by atoms with Crippen LogP contribution in [0.3, 0.4) is 0 Å². The van der Waals surface area contributed by atoms with E-state index in [1.165, 1.54) is 11.1 Å². The Bertz CT molecular complexity index is 533. The van der Waals surface area contributed by atoms with Crippen LogP contribution in [-0.4, -0.2) is 23.2 Å². The second-order valence-corrected chi connectivity index (χ2v) is 4.80. The zero-order valence-corrected chi connectivity index (χ0v) is 11.8. The van der Waals surface area contributed by atoms with Gasteiger partial charge in [0, 0.05) is 24.2 Å². The first-order valence-corrected chi connectivity index (χ1v) is 7.04. The minimum absolute atomic E-state index is 0.01000. The van der Waals surface area contributed by atoms with E-state index in [1.807, 2.05) is 24.3 Å². The van der Waals surface area contributed by atoms with Crippen LogP contribution in [0.4, 0.5) is 5.69 Å². The molecule has 2 aromatic rings. The summed E-state index contributed by atoms with van der Waals surface area (Å²) >= 11 is 0. The summed E-state index contributed by atoms with van der Waals surface area (Å²) in [5.41, 5.74) is 2.89. The van der Waals surface area contributed by atoms with Crippen molar-refractivity contribution in [2.45, 2.75) is 33.3 Å². The van der Waals surface area contributed by atoms with Crippen LogP contribution >= 0.6 is 0 Å². The number of aromatic nitrogens is 1. The zero-order chi connectivity index (χ0) is 13.7. The van der Waals surface area contributed by atoms with Crippen molar-refractivity contribution in [1.82, 2.24) is 4.98 Å². The lowest BCUT2D eigenvalue weighted by atomic mass is 10.1. The monoisotopic (exact) mass is 258 g/mol. The van der Waals surface area contributed by atoms with E-state index in [1.54, 1.807) is 0 Å². The van der Waals surface area contributed by atoms with E-state index in [9.17, 15) is 5.11 Å². The van der Waals surface area contributed by atoms with Crippen molar-refractivity contribution in [3.05, 3.63) is 36.0 Å². The molecule has 0 radical (unpaired) electrons. The van der Waals surface area contributed by atoms with Crippen LogP contribution in [0.5, 0.6) is 0 Å². The summed E-state index contributed by atoms with van der Waals surface area (Å²) in [6.45, 7) is 6.45. The molecule has 1 aromatic heterocycles. The first-order chi connectivity index (χ1) is 9.30. The Morgan fingerprint density at radius 1 is 1.11 bits per heavy atom. The van der Waals surface area contributed by atoms with E-state index in [0.29, 0.717) is 0 Å². The normalized spacial score (nSPS) is 10.9. The van der Waals surface area contributed by atoms with E-state index in [-0.39, 0.29) is 6.61 Å². The maximum absolute atomic E-state index is 9.38. The molecule has 0 atom stereocenters. The molecule has 102 valence electrons. The molecule has 0 aliphatic rings. The van der Waals surface area contributed by atoms with Gasteiger partial charge in [-0.05, 0) is 25.0 Å². The SMILES string of the molecule is CCCN(CCC)c1cc(CO)nc2ccccc12. The number of anilines is 1. The van der Waals surface area contributed by atoms with E-state index >= 15 is 0 Å². The second kappa shape index (κ2) is 6.53. The van der Waals surface area contributed by atoms with Gasteiger partial charge in [0.25, 0.3) is 0 Å².